The molecule has 0 aliphatic heterocycles. The molecular formula is C30H53N2O+. The molecule has 0 aromatic carbocycles. The molecule has 0 aliphatic rings. The molecule has 0 aliphatic carbocycles. The zero-order chi connectivity index (χ0) is 25.3. The minimum atomic E-state index is 0.0280. The van der Waals surface area contributed by atoms with Crippen molar-refractivity contribution < 1.29 is 9.28 Å². The summed E-state index contributed by atoms with van der Waals surface area (Å²) in [4.78, 5) is 12.0. The van der Waals surface area contributed by atoms with Crippen LogP contribution in [-0.2, 0) is 4.79 Å². The molecule has 33 heavy (non-hydrogen) atoms. The molecule has 3 heteroatoms. The van der Waals surface area contributed by atoms with Crippen LogP contribution in [0.4, 0.5) is 0 Å². The fourth-order valence-corrected chi connectivity index (χ4v) is 3.39. The van der Waals surface area contributed by atoms with Gasteiger partial charge < -0.3 is 9.80 Å². The Morgan fingerprint density at radius 2 is 1.03 bits per heavy atom. The normalized spacial score (nSPS) is 13.8. The average Bonchev–Trinajstić information content (AvgIpc) is 2.66. The molecule has 0 radical (unpaired) electrons. The van der Waals surface area contributed by atoms with Crippen LogP contribution >= 0.6 is 0 Å². The first kappa shape index (κ1) is 31.1. The molecule has 0 bridgehead atoms. The van der Waals surface area contributed by atoms with Gasteiger partial charge in [-0.15, -0.1) is 0 Å². The quantitative estimate of drug-likeness (QED) is 0.144. The van der Waals surface area contributed by atoms with Crippen LogP contribution in [0.25, 0.3) is 0 Å². The second-order valence-electron chi connectivity index (χ2n) is 10.9. The molecule has 0 rings (SSSR count). The van der Waals surface area contributed by atoms with Crippen LogP contribution in [0.15, 0.2) is 58.2 Å². The van der Waals surface area contributed by atoms with Crippen LogP contribution in [0.3, 0.4) is 0 Å². The second-order valence-corrected chi connectivity index (χ2v) is 10.9. The van der Waals surface area contributed by atoms with Crippen molar-refractivity contribution in [3.63, 3.8) is 0 Å². The van der Waals surface area contributed by atoms with Crippen LogP contribution < -0.4 is 5.32 Å². The number of hydrogen-bond acceptors (Lipinski definition) is 1. The Kier molecular flexibility index (Phi) is 16.6. The number of rotatable bonds is 16. The lowest BCUT2D eigenvalue weighted by Gasteiger charge is -2.23. The largest absolute Gasteiger partial charge is 0.347 e. The summed E-state index contributed by atoms with van der Waals surface area (Å²) in [5.74, 6) is 0.0280. The fraction of sp³-hybridized carbons (Fsp3) is 0.633. The Labute approximate surface area is 206 Å². The SMILES string of the molecule is CC(C)=CCC/C(C)=C/CC/C(C)=C/CC/C(C)=C/CC/C(C)=C/C(=O)NCC[N+](C)(C)C. The number of allylic oxidation sites excluding steroid dienone is 9. The predicted octanol–water partition coefficient (Wildman–Crippen LogP) is 7.68. The van der Waals surface area contributed by atoms with Gasteiger partial charge in [-0.2, -0.15) is 0 Å². The van der Waals surface area contributed by atoms with Crippen LogP contribution in [0.5, 0.6) is 0 Å². The lowest BCUT2D eigenvalue weighted by molar-refractivity contribution is -0.869. The smallest absolute Gasteiger partial charge is 0.244 e. The zero-order valence-corrected chi connectivity index (χ0v) is 23.3. The summed E-state index contributed by atoms with van der Waals surface area (Å²) in [6.45, 7) is 14.8. The molecular weight excluding hydrogens is 404 g/mol. The molecule has 1 amide bonds. The number of carbonyl (C=O) groups is 1. The Morgan fingerprint density at radius 1 is 0.636 bits per heavy atom. The standard InChI is InChI=1S/C30H52N2O/c1-25(2)14-10-15-26(3)16-11-17-27(4)18-12-19-28(5)20-13-21-29(6)24-30(33)31-22-23-32(7,8)9/h14,16,18,20,24H,10-13,15,17,19,21-23H2,1-9H3/p+1/b26-16+,27-18+,28-20+,29-24+. The highest BCUT2D eigenvalue weighted by atomic mass is 16.1. The highest BCUT2D eigenvalue weighted by molar-refractivity contribution is 5.88. The summed E-state index contributed by atoms with van der Waals surface area (Å²) in [6, 6.07) is 0. The van der Waals surface area contributed by atoms with E-state index in [1.54, 1.807) is 6.08 Å². The van der Waals surface area contributed by atoms with Gasteiger partial charge in [0, 0.05) is 6.08 Å². The van der Waals surface area contributed by atoms with Crippen LogP contribution in [0, 0.1) is 0 Å². The summed E-state index contributed by atoms with van der Waals surface area (Å²) in [7, 11) is 6.39. The van der Waals surface area contributed by atoms with E-state index in [4.69, 9.17) is 0 Å². The van der Waals surface area contributed by atoms with Crippen molar-refractivity contribution in [2.75, 3.05) is 34.2 Å². The minimum Gasteiger partial charge on any atom is -0.347 e. The molecule has 0 fully saturated rings. The van der Waals surface area contributed by atoms with E-state index < -0.39 is 0 Å². The fourth-order valence-electron chi connectivity index (χ4n) is 3.39. The summed E-state index contributed by atoms with van der Waals surface area (Å²) < 4.78 is 0.857. The van der Waals surface area contributed by atoms with Crippen LogP contribution in [0.2, 0.25) is 0 Å². The van der Waals surface area contributed by atoms with Crippen molar-refractivity contribution in [3.8, 4) is 0 Å². The van der Waals surface area contributed by atoms with E-state index in [2.05, 4.69) is 85.4 Å². The van der Waals surface area contributed by atoms with Gasteiger partial charge in [0.15, 0.2) is 0 Å². The molecule has 0 aromatic heterocycles. The molecule has 1 N–H and O–H groups in total. The minimum absolute atomic E-state index is 0.0280. The summed E-state index contributed by atoms with van der Waals surface area (Å²) in [5, 5.41) is 2.98. The van der Waals surface area contributed by atoms with Gasteiger partial charge in [-0.1, -0.05) is 52.2 Å². The van der Waals surface area contributed by atoms with Gasteiger partial charge in [0.25, 0.3) is 0 Å². The molecule has 0 saturated carbocycles. The van der Waals surface area contributed by atoms with Gasteiger partial charge in [0.05, 0.1) is 34.2 Å². The Bertz CT molecular complexity index is 723. The van der Waals surface area contributed by atoms with Crippen molar-refractivity contribution in [3.05, 3.63) is 58.2 Å². The monoisotopic (exact) mass is 457 g/mol. The lowest BCUT2D eigenvalue weighted by Crippen LogP contribution is -2.41. The van der Waals surface area contributed by atoms with E-state index in [0.717, 1.165) is 61.5 Å². The van der Waals surface area contributed by atoms with E-state index in [1.807, 2.05) is 6.92 Å². The maximum Gasteiger partial charge on any atom is 0.244 e. The summed E-state index contributed by atoms with van der Waals surface area (Å²) in [6.07, 6.45) is 20.0. The van der Waals surface area contributed by atoms with Gasteiger partial charge in [-0.3, -0.25) is 4.79 Å². The molecule has 188 valence electrons. The second kappa shape index (κ2) is 17.6. The number of nitrogens with zero attached hydrogens (tertiary/aromatic N) is 1. The van der Waals surface area contributed by atoms with Crippen molar-refractivity contribution in [2.24, 2.45) is 0 Å². The number of quaternary nitrogens is 1. The third kappa shape index (κ3) is 21.7. The molecule has 3 nitrogen and oxygen atoms in total. The molecule has 0 spiro atoms. The summed E-state index contributed by atoms with van der Waals surface area (Å²) >= 11 is 0. The van der Waals surface area contributed by atoms with E-state index in [9.17, 15) is 4.79 Å². The average molecular weight is 458 g/mol. The third-order valence-electron chi connectivity index (χ3n) is 5.65. The van der Waals surface area contributed by atoms with Gasteiger partial charge in [0.1, 0.15) is 0 Å². The van der Waals surface area contributed by atoms with Gasteiger partial charge in [-0.25, -0.2) is 0 Å². The number of likely N-dealkylation sites (N-methyl/N-ethyl adjacent to an activating group) is 1. The highest BCUT2D eigenvalue weighted by Gasteiger charge is 2.06. The molecule has 0 aromatic rings. The number of amides is 1. The Balaban J connectivity index is 4.16. The van der Waals surface area contributed by atoms with Crippen molar-refractivity contribution >= 4 is 5.91 Å². The first-order chi connectivity index (χ1) is 15.4. The number of carbonyl (C=O) groups excluding carboxylic acids is 1. The highest BCUT2D eigenvalue weighted by Crippen LogP contribution is 2.14. The van der Waals surface area contributed by atoms with Crippen molar-refractivity contribution in [1.82, 2.24) is 5.32 Å². The first-order valence-corrected chi connectivity index (χ1v) is 12.7. The zero-order valence-electron chi connectivity index (χ0n) is 23.3. The van der Waals surface area contributed by atoms with Gasteiger partial charge >= 0.3 is 0 Å². The maximum atomic E-state index is 12.0. The maximum absolute atomic E-state index is 12.0. The van der Waals surface area contributed by atoms with Crippen molar-refractivity contribution in [1.29, 1.82) is 0 Å². The van der Waals surface area contributed by atoms with Crippen LogP contribution in [-0.4, -0.2) is 44.6 Å². The van der Waals surface area contributed by atoms with Gasteiger partial charge in [-0.05, 0) is 92.9 Å². The molecule has 0 atom stereocenters. The third-order valence-corrected chi connectivity index (χ3v) is 5.65. The van der Waals surface area contributed by atoms with E-state index >= 15 is 0 Å². The van der Waals surface area contributed by atoms with E-state index in [-0.39, 0.29) is 5.91 Å². The Hall–Kier alpha value is -1.87. The lowest BCUT2D eigenvalue weighted by atomic mass is 10.0. The van der Waals surface area contributed by atoms with E-state index in [0.29, 0.717) is 6.54 Å². The van der Waals surface area contributed by atoms with Gasteiger partial charge in [0.2, 0.25) is 5.91 Å². The first-order valence-electron chi connectivity index (χ1n) is 12.7. The summed E-state index contributed by atoms with van der Waals surface area (Å²) in [5.41, 5.74) is 6.98. The predicted molar refractivity (Wildman–Crippen MR) is 147 cm³/mol. The number of nitrogens with one attached hydrogen (secondary N) is 1. The van der Waals surface area contributed by atoms with Crippen LogP contribution in [0.1, 0.15) is 92.9 Å². The molecule has 0 saturated heterocycles. The number of hydrogen-bond donors (Lipinski definition) is 1. The van der Waals surface area contributed by atoms with Crippen molar-refractivity contribution in [2.45, 2.75) is 92.9 Å². The Morgan fingerprint density at radius 3 is 1.42 bits per heavy atom. The van der Waals surface area contributed by atoms with E-state index in [1.165, 1.54) is 28.7 Å². The molecule has 0 heterocycles. The molecule has 0 unspecified atom stereocenters. The topological polar surface area (TPSA) is 29.1 Å².